The molecule has 2 N–H and O–H groups in total. The van der Waals surface area contributed by atoms with Crippen molar-refractivity contribution in [3.05, 3.63) is 43.0 Å². The molecule has 2 aromatic rings. The Hall–Kier alpha value is -0.410. The van der Waals surface area contributed by atoms with E-state index >= 15 is 0 Å². The minimum Gasteiger partial charge on any atom is -0.391 e. The maximum Gasteiger partial charge on any atom is 0.263 e. The smallest absolute Gasteiger partial charge is 0.263 e. The summed E-state index contributed by atoms with van der Waals surface area (Å²) in [6.07, 6.45) is 0. The molecule has 8 heteroatoms. The van der Waals surface area contributed by atoms with Crippen molar-refractivity contribution in [3.63, 3.8) is 0 Å². The minimum atomic E-state index is -3.69. The predicted octanol–water partition coefficient (Wildman–Crippen LogP) is 3.87. The van der Waals surface area contributed by atoms with E-state index in [1.807, 2.05) is 13.0 Å². The lowest BCUT2D eigenvalue weighted by Crippen LogP contribution is -2.13. The Morgan fingerprint density at radius 1 is 1.35 bits per heavy atom. The van der Waals surface area contributed by atoms with Crippen molar-refractivity contribution in [1.82, 2.24) is 0 Å². The average Bonchev–Trinajstić information content (AvgIpc) is 2.77. The summed E-state index contributed by atoms with van der Waals surface area (Å²) in [7, 11) is -3.69. The fourth-order valence-corrected chi connectivity index (χ4v) is 5.61. The van der Waals surface area contributed by atoms with E-state index in [2.05, 4.69) is 36.6 Å². The highest BCUT2D eigenvalue weighted by Gasteiger charge is 2.21. The van der Waals surface area contributed by atoms with E-state index in [1.165, 1.54) is 17.4 Å². The third kappa shape index (κ3) is 3.25. The van der Waals surface area contributed by atoms with Gasteiger partial charge in [0.05, 0.1) is 16.1 Å². The van der Waals surface area contributed by atoms with Gasteiger partial charge in [0.25, 0.3) is 10.0 Å². The van der Waals surface area contributed by atoms with E-state index in [9.17, 15) is 8.42 Å². The van der Waals surface area contributed by atoms with Crippen LogP contribution in [0, 0.1) is 6.92 Å². The molecule has 0 radical (unpaired) electrons. The second-order valence-electron chi connectivity index (χ2n) is 4.03. The van der Waals surface area contributed by atoms with E-state index in [0.717, 1.165) is 10.0 Å². The molecule has 1 heterocycles. The molecular formula is C12H11Br2NO3S2. The molecule has 0 aliphatic heterocycles. The molecule has 0 unspecified atom stereocenters. The van der Waals surface area contributed by atoms with Gasteiger partial charge in [-0.05, 0) is 46.6 Å². The molecule has 20 heavy (non-hydrogen) atoms. The van der Waals surface area contributed by atoms with Gasteiger partial charge in [0, 0.05) is 9.35 Å². The first kappa shape index (κ1) is 16.0. The normalized spacial score (nSPS) is 11.6. The highest BCUT2D eigenvalue weighted by molar-refractivity contribution is 9.11. The predicted molar refractivity (Wildman–Crippen MR) is 87.6 cm³/mol. The van der Waals surface area contributed by atoms with E-state index in [1.54, 1.807) is 12.1 Å². The molecule has 1 aromatic heterocycles. The standard InChI is InChI=1S/C12H11Br2NO3S2/c1-7-9(13)3-2-4-10(7)15-20(17,18)11-5-8(6-16)19-12(11)14/h2-5,15-16H,6H2,1H3. The topological polar surface area (TPSA) is 66.4 Å². The maximum atomic E-state index is 12.4. The number of anilines is 1. The third-order valence-corrected chi connectivity index (χ3v) is 7.13. The summed E-state index contributed by atoms with van der Waals surface area (Å²) in [5, 5.41) is 9.08. The molecule has 108 valence electrons. The summed E-state index contributed by atoms with van der Waals surface area (Å²) < 4.78 is 28.6. The van der Waals surface area contributed by atoms with Crippen LogP contribution in [0.5, 0.6) is 0 Å². The van der Waals surface area contributed by atoms with E-state index in [4.69, 9.17) is 5.11 Å². The lowest BCUT2D eigenvalue weighted by molar-refractivity contribution is 0.285. The van der Waals surface area contributed by atoms with Gasteiger partial charge in [-0.25, -0.2) is 8.42 Å². The minimum absolute atomic E-state index is 0.130. The lowest BCUT2D eigenvalue weighted by Gasteiger charge is -2.11. The number of hydrogen-bond donors (Lipinski definition) is 2. The van der Waals surface area contributed by atoms with Crippen molar-refractivity contribution in [2.45, 2.75) is 18.4 Å². The maximum absolute atomic E-state index is 12.4. The Balaban J connectivity index is 2.40. The SMILES string of the molecule is Cc1c(Br)cccc1NS(=O)(=O)c1cc(CO)sc1Br. The van der Waals surface area contributed by atoms with E-state index in [-0.39, 0.29) is 11.5 Å². The highest BCUT2D eigenvalue weighted by Crippen LogP contribution is 2.33. The summed E-state index contributed by atoms with van der Waals surface area (Å²) >= 11 is 7.78. The van der Waals surface area contributed by atoms with Gasteiger partial charge in [0.1, 0.15) is 4.90 Å². The van der Waals surface area contributed by atoms with Crippen molar-refractivity contribution < 1.29 is 13.5 Å². The number of aliphatic hydroxyl groups is 1. The van der Waals surface area contributed by atoms with Crippen molar-refractivity contribution in [2.24, 2.45) is 0 Å². The van der Waals surface area contributed by atoms with E-state index in [0.29, 0.717) is 14.4 Å². The quantitative estimate of drug-likeness (QED) is 0.758. The zero-order valence-electron chi connectivity index (χ0n) is 10.4. The van der Waals surface area contributed by atoms with Crippen LogP contribution in [0.25, 0.3) is 0 Å². The van der Waals surface area contributed by atoms with Crippen molar-refractivity contribution in [1.29, 1.82) is 0 Å². The summed E-state index contributed by atoms with van der Waals surface area (Å²) in [5.41, 5.74) is 1.33. The number of benzene rings is 1. The average molecular weight is 441 g/mol. The number of hydrogen-bond acceptors (Lipinski definition) is 4. The van der Waals surface area contributed by atoms with Gasteiger partial charge in [-0.15, -0.1) is 11.3 Å². The first-order valence-corrected chi connectivity index (χ1v) is 9.40. The lowest BCUT2D eigenvalue weighted by atomic mass is 10.2. The van der Waals surface area contributed by atoms with Gasteiger partial charge in [-0.1, -0.05) is 22.0 Å². The molecule has 0 aliphatic rings. The molecule has 0 atom stereocenters. The summed E-state index contributed by atoms with van der Waals surface area (Å²) in [4.78, 5) is 0.717. The van der Waals surface area contributed by atoms with Crippen LogP contribution in [0.1, 0.15) is 10.4 Å². The van der Waals surface area contributed by atoms with Crippen molar-refractivity contribution in [2.75, 3.05) is 4.72 Å². The summed E-state index contributed by atoms with van der Waals surface area (Å²) in [6, 6.07) is 6.77. The fourth-order valence-electron chi connectivity index (χ4n) is 1.58. The van der Waals surface area contributed by atoms with Gasteiger partial charge in [0.15, 0.2) is 0 Å². The number of halogens is 2. The molecule has 0 amide bonds. The molecule has 0 aliphatic carbocycles. The van der Waals surface area contributed by atoms with Gasteiger partial charge >= 0.3 is 0 Å². The molecule has 0 bridgehead atoms. The Kier molecular flexibility index (Phi) is 4.91. The van der Waals surface area contributed by atoms with Crippen LogP contribution in [0.2, 0.25) is 0 Å². The first-order valence-electron chi connectivity index (χ1n) is 5.52. The van der Waals surface area contributed by atoms with Crippen LogP contribution in [0.15, 0.2) is 37.4 Å². The van der Waals surface area contributed by atoms with Gasteiger partial charge in [-0.3, -0.25) is 4.72 Å². The molecular weight excluding hydrogens is 430 g/mol. The van der Waals surface area contributed by atoms with Crippen LogP contribution >= 0.6 is 43.2 Å². The van der Waals surface area contributed by atoms with Crippen molar-refractivity contribution >= 4 is 58.9 Å². The number of aliphatic hydroxyl groups excluding tert-OH is 1. The number of thiophene rings is 1. The Morgan fingerprint density at radius 2 is 2.05 bits per heavy atom. The van der Waals surface area contributed by atoms with Crippen LogP contribution in [-0.4, -0.2) is 13.5 Å². The molecule has 1 aromatic carbocycles. The zero-order chi connectivity index (χ0) is 14.9. The van der Waals surface area contributed by atoms with Gasteiger partial charge in [0.2, 0.25) is 0 Å². The third-order valence-electron chi connectivity index (χ3n) is 2.66. The van der Waals surface area contributed by atoms with Gasteiger partial charge < -0.3 is 5.11 Å². The first-order chi connectivity index (χ1) is 9.35. The van der Waals surface area contributed by atoms with Gasteiger partial charge in [-0.2, -0.15) is 0 Å². The molecule has 0 fully saturated rings. The second-order valence-corrected chi connectivity index (χ2v) is 8.99. The van der Waals surface area contributed by atoms with E-state index < -0.39 is 10.0 Å². The molecule has 2 rings (SSSR count). The fraction of sp³-hybridized carbons (Fsp3) is 0.167. The Labute approximate surface area is 138 Å². The zero-order valence-corrected chi connectivity index (χ0v) is 15.2. The Bertz CT molecular complexity index is 741. The highest BCUT2D eigenvalue weighted by atomic mass is 79.9. The van der Waals surface area contributed by atoms with Crippen LogP contribution in [0.3, 0.4) is 0 Å². The number of rotatable bonds is 4. The van der Waals surface area contributed by atoms with Crippen LogP contribution in [-0.2, 0) is 16.6 Å². The Morgan fingerprint density at radius 3 is 2.65 bits per heavy atom. The van der Waals surface area contributed by atoms with Crippen molar-refractivity contribution in [3.8, 4) is 0 Å². The summed E-state index contributed by atoms with van der Waals surface area (Å²) in [5.74, 6) is 0. The number of sulfonamides is 1. The van der Waals surface area contributed by atoms with Crippen LogP contribution < -0.4 is 4.72 Å². The largest absolute Gasteiger partial charge is 0.391 e. The molecule has 4 nitrogen and oxygen atoms in total. The molecule has 0 saturated heterocycles. The molecule has 0 spiro atoms. The monoisotopic (exact) mass is 439 g/mol. The second kappa shape index (κ2) is 6.15. The number of nitrogens with one attached hydrogen (secondary N) is 1. The van der Waals surface area contributed by atoms with Crippen LogP contribution in [0.4, 0.5) is 5.69 Å². The summed E-state index contributed by atoms with van der Waals surface area (Å²) in [6.45, 7) is 1.64. The molecule has 0 saturated carbocycles.